The standard InChI is InChI=1S/C11H10BrFN4/c12-9-1-7(2-10(13)3-9)11(17-14)8-4-15-6-16-5-8/h1-6,11,17H,14H2. The van der Waals surface area contributed by atoms with Gasteiger partial charge in [0.2, 0.25) is 0 Å². The van der Waals surface area contributed by atoms with Crippen LogP contribution in [0.1, 0.15) is 17.2 Å². The van der Waals surface area contributed by atoms with Gasteiger partial charge in [-0.2, -0.15) is 0 Å². The highest BCUT2D eigenvalue weighted by molar-refractivity contribution is 9.10. The molecule has 0 bridgehead atoms. The van der Waals surface area contributed by atoms with Crippen LogP contribution in [0.25, 0.3) is 0 Å². The highest BCUT2D eigenvalue weighted by atomic mass is 79.9. The average molecular weight is 297 g/mol. The Morgan fingerprint density at radius 3 is 2.47 bits per heavy atom. The van der Waals surface area contributed by atoms with Gasteiger partial charge in [0.15, 0.2) is 0 Å². The van der Waals surface area contributed by atoms with E-state index in [1.807, 2.05) is 0 Å². The number of aromatic nitrogens is 2. The first-order valence-corrected chi connectivity index (χ1v) is 5.67. The molecule has 0 spiro atoms. The minimum absolute atomic E-state index is 0.327. The van der Waals surface area contributed by atoms with Crippen molar-refractivity contribution in [1.82, 2.24) is 15.4 Å². The van der Waals surface area contributed by atoms with Crippen molar-refractivity contribution in [2.24, 2.45) is 5.84 Å². The Morgan fingerprint density at radius 1 is 1.18 bits per heavy atom. The summed E-state index contributed by atoms with van der Waals surface area (Å²) in [5, 5.41) is 0. The molecule has 6 heteroatoms. The lowest BCUT2D eigenvalue weighted by Crippen LogP contribution is -2.29. The molecule has 1 heterocycles. The predicted molar refractivity (Wildman–Crippen MR) is 65.3 cm³/mol. The summed E-state index contributed by atoms with van der Waals surface area (Å²) in [4.78, 5) is 7.82. The van der Waals surface area contributed by atoms with E-state index < -0.39 is 0 Å². The van der Waals surface area contributed by atoms with Crippen molar-refractivity contribution in [3.63, 3.8) is 0 Å². The lowest BCUT2D eigenvalue weighted by Gasteiger charge is -2.16. The Hall–Kier alpha value is -1.37. The molecular formula is C11H10BrFN4. The van der Waals surface area contributed by atoms with Crippen LogP contribution in [0, 0.1) is 5.82 Å². The van der Waals surface area contributed by atoms with Crippen LogP contribution in [-0.4, -0.2) is 9.97 Å². The van der Waals surface area contributed by atoms with E-state index >= 15 is 0 Å². The lowest BCUT2D eigenvalue weighted by atomic mass is 10.0. The molecule has 0 saturated carbocycles. The smallest absolute Gasteiger partial charge is 0.124 e. The second-order valence-electron chi connectivity index (χ2n) is 3.47. The van der Waals surface area contributed by atoms with Crippen LogP contribution >= 0.6 is 15.9 Å². The molecule has 0 aliphatic carbocycles. The van der Waals surface area contributed by atoms with Gasteiger partial charge < -0.3 is 0 Å². The molecule has 0 aliphatic heterocycles. The van der Waals surface area contributed by atoms with Gasteiger partial charge in [-0.25, -0.2) is 19.8 Å². The second-order valence-corrected chi connectivity index (χ2v) is 4.39. The van der Waals surface area contributed by atoms with E-state index in [4.69, 9.17) is 5.84 Å². The number of hydrogen-bond donors (Lipinski definition) is 2. The maximum atomic E-state index is 13.3. The molecule has 3 N–H and O–H groups in total. The summed E-state index contributed by atoms with van der Waals surface area (Å²) in [6.45, 7) is 0. The fourth-order valence-corrected chi connectivity index (χ4v) is 2.07. The zero-order chi connectivity index (χ0) is 12.3. The van der Waals surface area contributed by atoms with Gasteiger partial charge in [-0.3, -0.25) is 5.84 Å². The van der Waals surface area contributed by atoms with Crippen LogP contribution in [0.4, 0.5) is 4.39 Å². The van der Waals surface area contributed by atoms with E-state index in [9.17, 15) is 4.39 Å². The number of halogens is 2. The molecule has 4 nitrogen and oxygen atoms in total. The molecule has 1 unspecified atom stereocenters. The van der Waals surface area contributed by atoms with Gasteiger partial charge in [-0.05, 0) is 23.8 Å². The SMILES string of the molecule is NNC(c1cncnc1)c1cc(F)cc(Br)c1. The molecule has 0 amide bonds. The fraction of sp³-hybridized carbons (Fsp3) is 0.0909. The number of benzene rings is 1. The molecule has 1 aromatic heterocycles. The highest BCUT2D eigenvalue weighted by Crippen LogP contribution is 2.24. The maximum Gasteiger partial charge on any atom is 0.124 e. The van der Waals surface area contributed by atoms with Crippen molar-refractivity contribution in [3.8, 4) is 0 Å². The van der Waals surface area contributed by atoms with Crippen molar-refractivity contribution in [2.75, 3.05) is 0 Å². The molecule has 2 aromatic rings. The number of hydrogen-bond acceptors (Lipinski definition) is 4. The van der Waals surface area contributed by atoms with Gasteiger partial charge >= 0.3 is 0 Å². The fourth-order valence-electron chi connectivity index (χ4n) is 1.59. The van der Waals surface area contributed by atoms with E-state index in [0.717, 1.165) is 5.56 Å². The number of nitrogens with two attached hydrogens (primary N) is 1. The van der Waals surface area contributed by atoms with Crippen molar-refractivity contribution >= 4 is 15.9 Å². The van der Waals surface area contributed by atoms with Gasteiger partial charge in [-0.1, -0.05) is 15.9 Å². The summed E-state index contributed by atoms with van der Waals surface area (Å²) in [6.07, 6.45) is 4.70. The Kier molecular flexibility index (Phi) is 3.78. The zero-order valence-electron chi connectivity index (χ0n) is 8.77. The Balaban J connectivity index is 2.42. The van der Waals surface area contributed by atoms with E-state index in [0.29, 0.717) is 10.0 Å². The maximum absolute atomic E-state index is 13.3. The van der Waals surface area contributed by atoms with E-state index in [1.165, 1.54) is 18.5 Å². The molecule has 0 fully saturated rings. The summed E-state index contributed by atoms with van der Waals surface area (Å²) in [5.41, 5.74) is 4.10. The summed E-state index contributed by atoms with van der Waals surface area (Å²) in [6, 6.07) is 4.25. The first-order valence-electron chi connectivity index (χ1n) is 4.87. The molecule has 0 aliphatic rings. The molecule has 2 rings (SSSR count). The van der Waals surface area contributed by atoms with Gasteiger partial charge in [0.05, 0.1) is 6.04 Å². The van der Waals surface area contributed by atoms with Crippen molar-refractivity contribution in [1.29, 1.82) is 0 Å². The van der Waals surface area contributed by atoms with Gasteiger partial charge in [0.1, 0.15) is 12.1 Å². The van der Waals surface area contributed by atoms with Crippen LogP contribution in [0.15, 0.2) is 41.4 Å². The van der Waals surface area contributed by atoms with E-state index in [2.05, 4.69) is 31.3 Å². The predicted octanol–water partition coefficient (Wildman–Crippen LogP) is 1.93. The number of rotatable bonds is 3. The summed E-state index contributed by atoms with van der Waals surface area (Å²) in [7, 11) is 0. The summed E-state index contributed by atoms with van der Waals surface area (Å²) < 4.78 is 14.0. The monoisotopic (exact) mass is 296 g/mol. The Morgan fingerprint density at radius 2 is 1.88 bits per heavy atom. The second kappa shape index (κ2) is 5.31. The van der Waals surface area contributed by atoms with E-state index in [1.54, 1.807) is 18.5 Å². The van der Waals surface area contributed by atoms with E-state index in [-0.39, 0.29) is 11.9 Å². The Bertz CT molecular complexity index is 486. The third kappa shape index (κ3) is 2.85. The van der Waals surface area contributed by atoms with Crippen molar-refractivity contribution < 1.29 is 4.39 Å². The quantitative estimate of drug-likeness (QED) is 0.671. The Labute approximate surface area is 106 Å². The molecule has 1 atom stereocenters. The third-order valence-electron chi connectivity index (χ3n) is 2.30. The first-order chi connectivity index (χ1) is 8.20. The average Bonchev–Trinajstić information content (AvgIpc) is 2.30. The van der Waals surface area contributed by atoms with Crippen LogP contribution in [0.2, 0.25) is 0 Å². The number of nitrogens with zero attached hydrogens (tertiary/aromatic N) is 2. The normalized spacial score (nSPS) is 12.4. The summed E-state index contributed by atoms with van der Waals surface area (Å²) in [5.74, 6) is 5.17. The topological polar surface area (TPSA) is 63.8 Å². The van der Waals surface area contributed by atoms with Crippen LogP contribution in [0.5, 0.6) is 0 Å². The molecule has 0 radical (unpaired) electrons. The summed E-state index contributed by atoms with van der Waals surface area (Å²) >= 11 is 3.24. The van der Waals surface area contributed by atoms with Gasteiger partial charge in [-0.15, -0.1) is 0 Å². The number of hydrazine groups is 1. The van der Waals surface area contributed by atoms with Crippen LogP contribution < -0.4 is 11.3 Å². The largest absolute Gasteiger partial charge is 0.271 e. The minimum atomic E-state index is -0.344. The molecule has 17 heavy (non-hydrogen) atoms. The molecule has 88 valence electrons. The van der Waals surface area contributed by atoms with Crippen LogP contribution in [0.3, 0.4) is 0 Å². The zero-order valence-corrected chi connectivity index (χ0v) is 10.4. The molecule has 0 saturated heterocycles. The highest BCUT2D eigenvalue weighted by Gasteiger charge is 2.14. The number of nitrogens with one attached hydrogen (secondary N) is 1. The molecule has 1 aromatic carbocycles. The third-order valence-corrected chi connectivity index (χ3v) is 2.76. The van der Waals surface area contributed by atoms with Crippen molar-refractivity contribution in [2.45, 2.75) is 6.04 Å². The van der Waals surface area contributed by atoms with Crippen LogP contribution in [-0.2, 0) is 0 Å². The van der Waals surface area contributed by atoms with Gasteiger partial charge in [0.25, 0.3) is 0 Å². The molecular weight excluding hydrogens is 287 g/mol. The van der Waals surface area contributed by atoms with Gasteiger partial charge in [0, 0.05) is 22.4 Å². The first kappa shape index (κ1) is 12.1. The van der Waals surface area contributed by atoms with Crippen molar-refractivity contribution in [3.05, 3.63) is 58.3 Å². The lowest BCUT2D eigenvalue weighted by molar-refractivity contribution is 0.602. The minimum Gasteiger partial charge on any atom is -0.271 e.